The normalized spacial score (nSPS) is 15.1. The molecular weight excluding hydrogens is 791 g/mol. The van der Waals surface area contributed by atoms with E-state index >= 15 is 0 Å². The average Bonchev–Trinajstić information content (AvgIpc) is 4.03. The maximum Gasteiger partial charge on any atom is 0.159 e. The molecule has 2 heterocycles. The molecule has 0 amide bonds. The summed E-state index contributed by atoms with van der Waals surface area (Å²) >= 11 is 0. The molecular formula is C62H43NO2. The number of hydrogen-bond acceptors (Lipinski definition) is 3. The van der Waals surface area contributed by atoms with Crippen molar-refractivity contribution in [2.75, 3.05) is 4.90 Å². The summed E-state index contributed by atoms with van der Waals surface area (Å²) in [6.07, 6.45) is 7.75. The topological polar surface area (TPSA) is 29.5 Å². The van der Waals surface area contributed by atoms with Gasteiger partial charge in [0.25, 0.3) is 0 Å². The largest absolute Gasteiger partial charge is 0.455 e. The van der Waals surface area contributed by atoms with Gasteiger partial charge in [-0.05, 0) is 111 Å². The minimum Gasteiger partial charge on any atom is -0.455 e. The molecule has 3 heteroatoms. The lowest BCUT2D eigenvalue weighted by Crippen LogP contribution is -2.28. The minimum atomic E-state index is -0.498. The van der Waals surface area contributed by atoms with Crippen LogP contribution in [0.15, 0.2) is 233 Å². The second kappa shape index (κ2) is 14.7. The summed E-state index contributed by atoms with van der Waals surface area (Å²) in [7, 11) is 0. The van der Waals surface area contributed by atoms with Gasteiger partial charge in [0, 0.05) is 38.5 Å². The van der Waals surface area contributed by atoms with E-state index in [2.05, 4.69) is 230 Å². The van der Waals surface area contributed by atoms with Crippen molar-refractivity contribution in [3.63, 3.8) is 0 Å². The third-order valence-corrected chi connectivity index (χ3v) is 14.0. The molecule has 0 bridgehead atoms. The third kappa shape index (κ3) is 5.68. The van der Waals surface area contributed by atoms with E-state index in [0.29, 0.717) is 5.92 Å². The molecule has 2 aliphatic carbocycles. The molecule has 2 aliphatic rings. The van der Waals surface area contributed by atoms with Crippen molar-refractivity contribution in [3.8, 4) is 22.3 Å². The highest BCUT2D eigenvalue weighted by Crippen LogP contribution is 2.57. The van der Waals surface area contributed by atoms with Crippen molar-refractivity contribution >= 4 is 66.5 Å². The first-order valence-electron chi connectivity index (χ1n) is 22.6. The zero-order chi connectivity index (χ0) is 43.1. The molecule has 3 nitrogen and oxygen atoms in total. The van der Waals surface area contributed by atoms with Crippen LogP contribution in [0.3, 0.4) is 0 Å². The molecule has 0 radical (unpaired) electrons. The molecule has 308 valence electrons. The minimum absolute atomic E-state index is 0.477. The Labute approximate surface area is 377 Å². The molecule has 65 heavy (non-hydrogen) atoms. The Morgan fingerprint density at radius 1 is 0.462 bits per heavy atom. The van der Waals surface area contributed by atoms with Gasteiger partial charge in [-0.25, -0.2) is 0 Å². The molecule has 0 spiro atoms. The van der Waals surface area contributed by atoms with Gasteiger partial charge < -0.3 is 13.7 Å². The van der Waals surface area contributed by atoms with Crippen LogP contribution in [-0.4, -0.2) is 0 Å². The van der Waals surface area contributed by atoms with E-state index in [9.17, 15) is 0 Å². The number of para-hydroxylation sites is 3. The van der Waals surface area contributed by atoms with E-state index in [1.165, 1.54) is 44.5 Å². The van der Waals surface area contributed by atoms with Crippen LogP contribution in [0.5, 0.6) is 0 Å². The summed E-state index contributed by atoms with van der Waals surface area (Å²) in [6.45, 7) is 2.30. The molecule has 0 N–H and O–H groups in total. The Kier molecular flexibility index (Phi) is 8.48. The average molecular weight is 834 g/mol. The van der Waals surface area contributed by atoms with Crippen molar-refractivity contribution < 1.29 is 8.83 Å². The van der Waals surface area contributed by atoms with Gasteiger partial charge in [-0.3, -0.25) is 0 Å². The lowest BCUT2D eigenvalue weighted by atomic mass is 9.67. The molecule has 13 rings (SSSR count). The Bertz CT molecular complexity index is 3640. The van der Waals surface area contributed by atoms with Gasteiger partial charge in [0.05, 0.1) is 11.1 Å². The van der Waals surface area contributed by atoms with E-state index in [4.69, 9.17) is 8.83 Å². The fourth-order valence-corrected chi connectivity index (χ4v) is 11.0. The summed E-state index contributed by atoms with van der Waals surface area (Å²) in [5.74, 6) is 0.477. The highest BCUT2D eigenvalue weighted by atomic mass is 16.3. The lowest BCUT2D eigenvalue weighted by Gasteiger charge is -2.33. The van der Waals surface area contributed by atoms with Gasteiger partial charge in [0.1, 0.15) is 16.7 Å². The predicted octanol–water partition coefficient (Wildman–Crippen LogP) is 17.0. The van der Waals surface area contributed by atoms with Gasteiger partial charge in [-0.15, -0.1) is 0 Å². The summed E-state index contributed by atoms with van der Waals surface area (Å²) in [5, 5.41) is 4.43. The first-order chi connectivity index (χ1) is 32.1. The second-order valence-corrected chi connectivity index (χ2v) is 17.6. The molecule has 0 saturated carbocycles. The van der Waals surface area contributed by atoms with E-state index in [1.807, 2.05) is 6.07 Å². The Morgan fingerprint density at radius 2 is 1.06 bits per heavy atom. The first kappa shape index (κ1) is 37.4. The quantitative estimate of drug-likeness (QED) is 0.160. The molecule has 1 unspecified atom stereocenters. The number of benzene rings is 9. The van der Waals surface area contributed by atoms with Crippen molar-refractivity contribution in [1.82, 2.24) is 0 Å². The lowest BCUT2D eigenvalue weighted by molar-refractivity contribution is 0.667. The zero-order valence-electron chi connectivity index (χ0n) is 35.9. The van der Waals surface area contributed by atoms with E-state index < -0.39 is 5.41 Å². The Balaban J connectivity index is 0.950. The van der Waals surface area contributed by atoms with Crippen LogP contribution in [0.2, 0.25) is 0 Å². The molecule has 0 saturated heterocycles. The predicted molar refractivity (Wildman–Crippen MR) is 269 cm³/mol. The third-order valence-electron chi connectivity index (χ3n) is 14.0. The maximum absolute atomic E-state index is 7.06. The SMILES string of the molecule is CC1CC=CC=C1c1ccc(N(c2ccc(-c3cccc4c3oc3cc5c(cc34)-c3ccccc3C5(c3ccccc3)c3ccccc3)cc2)c2cccc3c2oc2ccccc23)cc1. The molecule has 2 aromatic heterocycles. The maximum atomic E-state index is 7.06. The summed E-state index contributed by atoms with van der Waals surface area (Å²) in [6, 6.07) is 74.7. The summed E-state index contributed by atoms with van der Waals surface area (Å²) < 4.78 is 13.7. The summed E-state index contributed by atoms with van der Waals surface area (Å²) in [5.41, 5.74) is 18.4. The van der Waals surface area contributed by atoms with Gasteiger partial charge in [-0.1, -0.05) is 183 Å². The molecule has 0 aliphatic heterocycles. The second-order valence-electron chi connectivity index (χ2n) is 17.6. The van der Waals surface area contributed by atoms with Crippen LogP contribution in [0.25, 0.3) is 71.7 Å². The molecule has 9 aromatic carbocycles. The van der Waals surface area contributed by atoms with Crippen LogP contribution in [-0.2, 0) is 5.41 Å². The fourth-order valence-electron chi connectivity index (χ4n) is 11.0. The number of rotatable bonds is 7. The number of anilines is 3. The highest BCUT2D eigenvalue weighted by Gasteiger charge is 2.46. The number of hydrogen-bond donors (Lipinski definition) is 0. The van der Waals surface area contributed by atoms with Crippen LogP contribution >= 0.6 is 0 Å². The zero-order valence-corrected chi connectivity index (χ0v) is 35.9. The van der Waals surface area contributed by atoms with E-state index in [-0.39, 0.29) is 0 Å². The molecule has 11 aromatic rings. The van der Waals surface area contributed by atoms with Crippen LogP contribution in [0.4, 0.5) is 17.1 Å². The fraction of sp³-hybridized carbons (Fsp3) is 0.0645. The van der Waals surface area contributed by atoms with E-state index in [0.717, 1.165) is 78.5 Å². The number of allylic oxidation sites excluding steroid dienone is 4. The van der Waals surface area contributed by atoms with Crippen LogP contribution in [0.1, 0.15) is 41.2 Å². The number of furan rings is 2. The van der Waals surface area contributed by atoms with Crippen molar-refractivity contribution in [1.29, 1.82) is 0 Å². The standard InChI is InChI=1S/C62H43NO2/c1-40-16-8-9-21-47(40)41-30-34-45(35-31-41)63(57-28-15-26-51-50-23-11-13-29-58(50)64-61(51)57)46-36-32-42(33-37-46)48-24-14-25-52-54-38-53-49-22-10-12-27-55(49)62(43-17-4-2-5-18-43,44-19-6-3-7-20-44)56(53)39-59(54)65-60(48)52/h2-15,17-40H,16H2,1H3. The van der Waals surface area contributed by atoms with Crippen LogP contribution < -0.4 is 4.90 Å². The molecule has 0 fully saturated rings. The smallest absolute Gasteiger partial charge is 0.159 e. The Morgan fingerprint density at radius 3 is 1.80 bits per heavy atom. The number of fused-ring (bicyclic) bond motifs is 9. The van der Waals surface area contributed by atoms with Gasteiger partial charge in [-0.2, -0.15) is 0 Å². The first-order valence-corrected chi connectivity index (χ1v) is 22.6. The van der Waals surface area contributed by atoms with Crippen molar-refractivity contribution in [2.24, 2.45) is 5.92 Å². The van der Waals surface area contributed by atoms with Crippen LogP contribution in [0, 0.1) is 5.92 Å². The van der Waals surface area contributed by atoms with Gasteiger partial charge >= 0.3 is 0 Å². The Hall–Kier alpha value is -8.14. The molecule has 1 atom stereocenters. The van der Waals surface area contributed by atoms with Gasteiger partial charge in [0.15, 0.2) is 5.58 Å². The summed E-state index contributed by atoms with van der Waals surface area (Å²) in [4.78, 5) is 2.32. The van der Waals surface area contributed by atoms with Crippen molar-refractivity contribution in [3.05, 3.63) is 252 Å². The van der Waals surface area contributed by atoms with Crippen molar-refractivity contribution in [2.45, 2.75) is 18.8 Å². The number of nitrogens with zero attached hydrogens (tertiary/aromatic N) is 1. The monoisotopic (exact) mass is 833 g/mol. The highest BCUT2D eigenvalue weighted by molar-refractivity contribution is 6.13. The van der Waals surface area contributed by atoms with Gasteiger partial charge in [0.2, 0.25) is 0 Å². The van der Waals surface area contributed by atoms with E-state index in [1.54, 1.807) is 0 Å².